The van der Waals surface area contributed by atoms with Gasteiger partial charge < -0.3 is 10.6 Å². The molecule has 0 unspecified atom stereocenters. The van der Waals surface area contributed by atoms with Crippen LogP contribution in [0.4, 0.5) is 0 Å². The Morgan fingerprint density at radius 2 is 2.00 bits per heavy atom. The number of nitrogens with zero attached hydrogens (tertiary/aromatic N) is 2. The average molecular weight is 436 g/mol. The number of aryl methyl sites for hydroxylation is 2. The van der Waals surface area contributed by atoms with E-state index in [9.17, 15) is 0 Å². The summed E-state index contributed by atoms with van der Waals surface area (Å²) < 4.78 is 0. The highest BCUT2D eigenvalue weighted by atomic mass is 127. The van der Waals surface area contributed by atoms with Gasteiger partial charge in [0.05, 0.1) is 11.6 Å². The van der Waals surface area contributed by atoms with E-state index in [4.69, 9.17) is 0 Å². The molecule has 21 heavy (non-hydrogen) atoms. The molecular weight excluding hydrogens is 415 g/mol. The molecule has 0 aromatic carbocycles. The summed E-state index contributed by atoms with van der Waals surface area (Å²) in [6, 6.07) is 4.29. The zero-order chi connectivity index (χ0) is 14.4. The highest BCUT2D eigenvalue weighted by Crippen LogP contribution is 2.14. The van der Waals surface area contributed by atoms with Gasteiger partial charge in [0.15, 0.2) is 5.96 Å². The number of halogens is 1. The van der Waals surface area contributed by atoms with Crippen molar-refractivity contribution in [2.75, 3.05) is 13.6 Å². The molecule has 0 atom stereocenters. The molecule has 0 spiro atoms. The summed E-state index contributed by atoms with van der Waals surface area (Å²) in [5.41, 5.74) is 0. The predicted molar refractivity (Wildman–Crippen MR) is 103 cm³/mol. The van der Waals surface area contributed by atoms with Gasteiger partial charge in [-0.2, -0.15) is 0 Å². The molecule has 7 heteroatoms. The van der Waals surface area contributed by atoms with E-state index in [1.807, 2.05) is 17.5 Å². The fourth-order valence-corrected chi connectivity index (χ4v) is 3.39. The zero-order valence-corrected chi connectivity index (χ0v) is 16.4. The minimum absolute atomic E-state index is 0. The number of thiazole rings is 1. The minimum Gasteiger partial charge on any atom is -0.356 e. The molecule has 0 saturated heterocycles. The van der Waals surface area contributed by atoms with E-state index in [2.05, 4.69) is 46.6 Å². The van der Waals surface area contributed by atoms with Gasteiger partial charge >= 0.3 is 0 Å². The number of rotatable bonds is 5. The molecule has 2 aromatic heterocycles. The highest BCUT2D eigenvalue weighted by molar-refractivity contribution is 14.0. The lowest BCUT2D eigenvalue weighted by Crippen LogP contribution is -2.37. The topological polar surface area (TPSA) is 49.3 Å². The first-order valence-electron chi connectivity index (χ1n) is 6.58. The second kappa shape index (κ2) is 9.37. The lowest BCUT2D eigenvalue weighted by Gasteiger charge is -2.10. The second-order valence-electron chi connectivity index (χ2n) is 4.48. The van der Waals surface area contributed by atoms with E-state index in [0.717, 1.165) is 25.5 Å². The number of aliphatic imine (C=N–C) groups is 1. The van der Waals surface area contributed by atoms with Crippen LogP contribution in [0.25, 0.3) is 0 Å². The van der Waals surface area contributed by atoms with Gasteiger partial charge in [0.25, 0.3) is 0 Å². The van der Waals surface area contributed by atoms with Crippen LogP contribution >= 0.6 is 46.7 Å². The lowest BCUT2D eigenvalue weighted by atomic mass is 10.4. The molecule has 116 valence electrons. The third-order valence-electron chi connectivity index (χ3n) is 2.75. The number of thiophene rings is 1. The van der Waals surface area contributed by atoms with Crippen molar-refractivity contribution in [3.63, 3.8) is 0 Å². The number of guanidine groups is 1. The third kappa shape index (κ3) is 6.31. The van der Waals surface area contributed by atoms with Crippen LogP contribution in [-0.4, -0.2) is 24.5 Å². The van der Waals surface area contributed by atoms with Crippen molar-refractivity contribution in [1.29, 1.82) is 0 Å². The van der Waals surface area contributed by atoms with Crippen LogP contribution in [0.1, 0.15) is 19.6 Å². The Morgan fingerprint density at radius 1 is 1.19 bits per heavy atom. The Balaban J connectivity index is 0.00000220. The number of hydrogen-bond donors (Lipinski definition) is 2. The Morgan fingerprint density at radius 3 is 2.57 bits per heavy atom. The molecule has 0 aliphatic carbocycles. The first-order valence-corrected chi connectivity index (χ1v) is 8.22. The molecule has 0 radical (unpaired) electrons. The number of hydrogen-bond acceptors (Lipinski definition) is 4. The fourth-order valence-electron chi connectivity index (χ4n) is 1.78. The summed E-state index contributed by atoms with van der Waals surface area (Å²) in [5, 5.41) is 7.80. The molecule has 0 aliphatic heterocycles. The molecule has 2 heterocycles. The molecule has 0 bridgehead atoms. The smallest absolute Gasteiger partial charge is 0.191 e. The van der Waals surface area contributed by atoms with Gasteiger partial charge in [0, 0.05) is 40.8 Å². The largest absolute Gasteiger partial charge is 0.356 e. The van der Waals surface area contributed by atoms with Gasteiger partial charge in [0.2, 0.25) is 0 Å². The van der Waals surface area contributed by atoms with Crippen LogP contribution in [0, 0.1) is 13.8 Å². The summed E-state index contributed by atoms with van der Waals surface area (Å²) >= 11 is 3.56. The third-order valence-corrected chi connectivity index (χ3v) is 4.72. The van der Waals surface area contributed by atoms with Crippen molar-refractivity contribution < 1.29 is 0 Å². The second-order valence-corrected chi connectivity index (χ2v) is 7.17. The number of aromatic nitrogens is 1. The molecule has 0 fully saturated rings. The fraction of sp³-hybridized carbons (Fsp3) is 0.429. The Kier molecular flexibility index (Phi) is 8.20. The van der Waals surface area contributed by atoms with E-state index in [-0.39, 0.29) is 24.0 Å². The SMILES string of the molecule is CN=C(NCCc1ncc(C)s1)NCc1ccc(C)s1.I. The Hall–Kier alpha value is -0.670. The van der Waals surface area contributed by atoms with Crippen molar-refractivity contribution in [2.24, 2.45) is 4.99 Å². The quantitative estimate of drug-likeness (QED) is 0.430. The summed E-state index contributed by atoms with van der Waals surface area (Å²) in [5.74, 6) is 0.837. The van der Waals surface area contributed by atoms with Crippen molar-refractivity contribution in [2.45, 2.75) is 26.8 Å². The standard InChI is InChI=1S/C14H20N4S2.HI/c1-10-4-5-12(19-10)9-18-14(15-3)16-7-6-13-17-8-11(2)20-13;/h4-5,8H,6-7,9H2,1-3H3,(H2,15,16,18);1H. The van der Waals surface area contributed by atoms with Gasteiger partial charge in [-0.25, -0.2) is 4.98 Å². The molecule has 0 saturated carbocycles. The molecule has 2 rings (SSSR count). The van der Waals surface area contributed by atoms with Gasteiger partial charge in [-0.15, -0.1) is 46.7 Å². The summed E-state index contributed by atoms with van der Waals surface area (Å²) in [7, 11) is 1.79. The van der Waals surface area contributed by atoms with Crippen molar-refractivity contribution >= 4 is 52.6 Å². The van der Waals surface area contributed by atoms with E-state index in [0.29, 0.717) is 0 Å². The van der Waals surface area contributed by atoms with Crippen molar-refractivity contribution in [3.05, 3.63) is 38.0 Å². The predicted octanol–water partition coefficient (Wildman–Crippen LogP) is 3.35. The molecule has 4 nitrogen and oxygen atoms in total. The van der Waals surface area contributed by atoms with Crippen molar-refractivity contribution in [3.8, 4) is 0 Å². The molecule has 0 amide bonds. The number of nitrogens with one attached hydrogen (secondary N) is 2. The van der Waals surface area contributed by atoms with Crippen LogP contribution < -0.4 is 10.6 Å². The zero-order valence-electron chi connectivity index (χ0n) is 12.5. The van der Waals surface area contributed by atoms with Gasteiger partial charge in [-0.3, -0.25) is 4.99 Å². The van der Waals surface area contributed by atoms with Gasteiger partial charge in [-0.1, -0.05) is 0 Å². The Bertz CT molecular complexity index is 577. The molecular formula is C14H21IN4S2. The average Bonchev–Trinajstić information content (AvgIpc) is 3.02. The van der Waals surface area contributed by atoms with E-state index in [1.54, 1.807) is 18.4 Å². The van der Waals surface area contributed by atoms with Crippen LogP contribution in [0.5, 0.6) is 0 Å². The lowest BCUT2D eigenvalue weighted by molar-refractivity contribution is 0.796. The van der Waals surface area contributed by atoms with Crippen LogP contribution in [0.2, 0.25) is 0 Å². The van der Waals surface area contributed by atoms with Crippen LogP contribution in [-0.2, 0) is 13.0 Å². The van der Waals surface area contributed by atoms with E-state index < -0.39 is 0 Å². The minimum atomic E-state index is 0. The van der Waals surface area contributed by atoms with Gasteiger partial charge in [0.1, 0.15) is 0 Å². The van der Waals surface area contributed by atoms with Crippen molar-refractivity contribution in [1.82, 2.24) is 15.6 Å². The molecule has 0 aliphatic rings. The first-order chi connectivity index (χ1) is 9.67. The molecule has 2 aromatic rings. The van der Waals surface area contributed by atoms with Crippen LogP contribution in [0.3, 0.4) is 0 Å². The van der Waals surface area contributed by atoms with E-state index >= 15 is 0 Å². The Labute approximate surface area is 151 Å². The van der Waals surface area contributed by atoms with Crippen LogP contribution in [0.15, 0.2) is 23.3 Å². The maximum atomic E-state index is 4.35. The normalized spacial score (nSPS) is 11.1. The summed E-state index contributed by atoms with van der Waals surface area (Å²) in [4.78, 5) is 12.5. The summed E-state index contributed by atoms with van der Waals surface area (Å²) in [6.07, 6.45) is 2.85. The molecule has 2 N–H and O–H groups in total. The summed E-state index contributed by atoms with van der Waals surface area (Å²) in [6.45, 7) is 5.86. The first kappa shape index (κ1) is 18.4. The van der Waals surface area contributed by atoms with E-state index in [1.165, 1.54) is 19.6 Å². The maximum absolute atomic E-state index is 4.35. The maximum Gasteiger partial charge on any atom is 0.191 e. The highest BCUT2D eigenvalue weighted by Gasteiger charge is 2.02. The monoisotopic (exact) mass is 436 g/mol. The van der Waals surface area contributed by atoms with Gasteiger partial charge in [-0.05, 0) is 26.0 Å².